The van der Waals surface area contributed by atoms with Crippen LogP contribution in [0.1, 0.15) is 18.5 Å². The van der Waals surface area contributed by atoms with Gasteiger partial charge in [0, 0.05) is 23.2 Å². The molecular formula is C11H12N2S. The van der Waals surface area contributed by atoms with E-state index in [4.69, 9.17) is 5.73 Å². The number of hydrogen-bond donors (Lipinski definition) is 1. The Morgan fingerprint density at radius 2 is 2.29 bits per heavy atom. The van der Waals surface area contributed by atoms with Gasteiger partial charge in [0.15, 0.2) is 0 Å². The molecule has 1 aromatic carbocycles. The van der Waals surface area contributed by atoms with Crippen molar-refractivity contribution in [3.05, 3.63) is 41.4 Å². The molecule has 1 aromatic heterocycles. The SMILES string of the molecule is CC(N)c1cccc(-c2nccs2)c1. The van der Waals surface area contributed by atoms with E-state index >= 15 is 0 Å². The van der Waals surface area contributed by atoms with Crippen molar-refractivity contribution in [2.45, 2.75) is 13.0 Å². The second-order valence-electron chi connectivity index (χ2n) is 3.25. The third kappa shape index (κ3) is 1.84. The average molecular weight is 204 g/mol. The maximum Gasteiger partial charge on any atom is 0.123 e. The molecule has 2 rings (SSSR count). The van der Waals surface area contributed by atoms with E-state index in [2.05, 4.69) is 17.1 Å². The molecule has 0 bridgehead atoms. The summed E-state index contributed by atoms with van der Waals surface area (Å²) in [5.74, 6) is 0. The van der Waals surface area contributed by atoms with Gasteiger partial charge in [-0.25, -0.2) is 4.98 Å². The van der Waals surface area contributed by atoms with Gasteiger partial charge < -0.3 is 5.73 Å². The summed E-state index contributed by atoms with van der Waals surface area (Å²) >= 11 is 1.64. The van der Waals surface area contributed by atoms with Crippen LogP contribution in [0.15, 0.2) is 35.8 Å². The second-order valence-corrected chi connectivity index (χ2v) is 4.15. The maximum absolute atomic E-state index is 5.82. The zero-order chi connectivity index (χ0) is 9.97. The van der Waals surface area contributed by atoms with Crippen LogP contribution in [0.4, 0.5) is 0 Å². The fourth-order valence-electron chi connectivity index (χ4n) is 1.32. The van der Waals surface area contributed by atoms with Crippen molar-refractivity contribution in [2.24, 2.45) is 5.73 Å². The summed E-state index contributed by atoms with van der Waals surface area (Å²) in [6.45, 7) is 1.99. The van der Waals surface area contributed by atoms with E-state index in [0.29, 0.717) is 0 Å². The number of hydrogen-bond acceptors (Lipinski definition) is 3. The summed E-state index contributed by atoms with van der Waals surface area (Å²) in [5.41, 5.74) is 8.12. The summed E-state index contributed by atoms with van der Waals surface area (Å²) in [6, 6.07) is 8.31. The smallest absolute Gasteiger partial charge is 0.123 e. The standard InChI is InChI=1S/C11H12N2S/c1-8(12)9-3-2-4-10(7-9)11-13-5-6-14-11/h2-8H,12H2,1H3. The lowest BCUT2D eigenvalue weighted by Gasteiger charge is -2.06. The Balaban J connectivity index is 2.41. The maximum atomic E-state index is 5.82. The molecule has 3 heteroatoms. The largest absolute Gasteiger partial charge is 0.324 e. The van der Waals surface area contributed by atoms with Gasteiger partial charge in [-0.2, -0.15) is 0 Å². The molecular weight excluding hydrogens is 192 g/mol. The number of nitrogens with two attached hydrogens (primary N) is 1. The summed E-state index contributed by atoms with van der Waals surface area (Å²) in [7, 11) is 0. The third-order valence-corrected chi connectivity index (χ3v) is 2.91. The van der Waals surface area contributed by atoms with Crippen LogP contribution in [0.2, 0.25) is 0 Å². The fourth-order valence-corrected chi connectivity index (χ4v) is 1.96. The number of thiazole rings is 1. The highest BCUT2D eigenvalue weighted by molar-refractivity contribution is 7.13. The summed E-state index contributed by atoms with van der Waals surface area (Å²) in [4.78, 5) is 4.26. The number of benzene rings is 1. The van der Waals surface area contributed by atoms with Gasteiger partial charge in [-0.1, -0.05) is 18.2 Å². The van der Waals surface area contributed by atoms with E-state index in [-0.39, 0.29) is 6.04 Å². The summed E-state index contributed by atoms with van der Waals surface area (Å²) in [6.07, 6.45) is 1.82. The normalized spacial score (nSPS) is 12.7. The Morgan fingerprint density at radius 1 is 1.43 bits per heavy atom. The van der Waals surface area contributed by atoms with E-state index in [9.17, 15) is 0 Å². The molecule has 2 nitrogen and oxygen atoms in total. The van der Waals surface area contributed by atoms with Gasteiger partial charge >= 0.3 is 0 Å². The predicted molar refractivity (Wildman–Crippen MR) is 60.2 cm³/mol. The third-order valence-electron chi connectivity index (χ3n) is 2.09. The Kier molecular flexibility index (Phi) is 2.61. The lowest BCUT2D eigenvalue weighted by atomic mass is 10.1. The van der Waals surface area contributed by atoms with Gasteiger partial charge in [-0.05, 0) is 18.6 Å². The molecule has 72 valence electrons. The van der Waals surface area contributed by atoms with Gasteiger partial charge in [0.2, 0.25) is 0 Å². The molecule has 0 fully saturated rings. The minimum atomic E-state index is 0.0786. The van der Waals surface area contributed by atoms with Crippen LogP contribution in [-0.4, -0.2) is 4.98 Å². The number of rotatable bonds is 2. The lowest BCUT2D eigenvalue weighted by Crippen LogP contribution is -2.04. The zero-order valence-electron chi connectivity index (χ0n) is 7.97. The molecule has 14 heavy (non-hydrogen) atoms. The van der Waals surface area contributed by atoms with Crippen molar-refractivity contribution in [1.82, 2.24) is 4.98 Å². The first-order chi connectivity index (χ1) is 6.77. The second kappa shape index (κ2) is 3.90. The molecule has 0 aliphatic carbocycles. The van der Waals surface area contributed by atoms with Crippen LogP contribution >= 0.6 is 11.3 Å². The summed E-state index contributed by atoms with van der Waals surface area (Å²) in [5, 5.41) is 3.03. The molecule has 0 aliphatic rings. The Labute approximate surface area is 87.4 Å². The zero-order valence-corrected chi connectivity index (χ0v) is 8.79. The van der Waals surface area contributed by atoms with Crippen molar-refractivity contribution in [3.63, 3.8) is 0 Å². The van der Waals surface area contributed by atoms with Gasteiger partial charge in [0.05, 0.1) is 0 Å². The van der Waals surface area contributed by atoms with E-state index in [1.165, 1.54) is 0 Å². The Morgan fingerprint density at radius 3 is 2.93 bits per heavy atom. The van der Waals surface area contributed by atoms with Crippen LogP contribution in [0.5, 0.6) is 0 Å². The van der Waals surface area contributed by atoms with Gasteiger partial charge in [-0.3, -0.25) is 0 Å². The first-order valence-corrected chi connectivity index (χ1v) is 5.41. The predicted octanol–water partition coefficient (Wildman–Crippen LogP) is 2.83. The van der Waals surface area contributed by atoms with Crippen molar-refractivity contribution < 1.29 is 0 Å². The first kappa shape index (κ1) is 9.37. The lowest BCUT2D eigenvalue weighted by molar-refractivity contribution is 0.818. The highest BCUT2D eigenvalue weighted by Crippen LogP contribution is 2.23. The Bertz CT molecular complexity index is 407. The average Bonchev–Trinajstić information content (AvgIpc) is 2.71. The quantitative estimate of drug-likeness (QED) is 0.817. The van der Waals surface area contributed by atoms with Crippen molar-refractivity contribution in [3.8, 4) is 10.6 Å². The molecule has 0 amide bonds. The van der Waals surface area contributed by atoms with Crippen molar-refractivity contribution in [2.75, 3.05) is 0 Å². The molecule has 2 N–H and O–H groups in total. The topological polar surface area (TPSA) is 38.9 Å². The molecule has 2 aromatic rings. The van der Waals surface area contributed by atoms with E-state index in [0.717, 1.165) is 16.1 Å². The minimum Gasteiger partial charge on any atom is -0.324 e. The highest BCUT2D eigenvalue weighted by atomic mass is 32.1. The number of nitrogens with zero attached hydrogens (tertiary/aromatic N) is 1. The molecule has 0 radical (unpaired) electrons. The van der Waals surface area contributed by atoms with Gasteiger partial charge in [0.25, 0.3) is 0 Å². The van der Waals surface area contributed by atoms with Crippen LogP contribution in [0.3, 0.4) is 0 Å². The molecule has 1 heterocycles. The first-order valence-electron chi connectivity index (χ1n) is 4.53. The summed E-state index contributed by atoms with van der Waals surface area (Å²) < 4.78 is 0. The van der Waals surface area contributed by atoms with Crippen LogP contribution < -0.4 is 5.73 Å². The van der Waals surface area contributed by atoms with E-state index < -0.39 is 0 Å². The van der Waals surface area contributed by atoms with Crippen LogP contribution in [0.25, 0.3) is 10.6 Å². The molecule has 1 atom stereocenters. The van der Waals surface area contributed by atoms with E-state index in [1.54, 1.807) is 11.3 Å². The molecule has 1 unspecified atom stereocenters. The monoisotopic (exact) mass is 204 g/mol. The fraction of sp³-hybridized carbons (Fsp3) is 0.182. The van der Waals surface area contributed by atoms with E-state index in [1.807, 2.05) is 30.6 Å². The van der Waals surface area contributed by atoms with Crippen LogP contribution in [-0.2, 0) is 0 Å². The minimum absolute atomic E-state index is 0.0786. The van der Waals surface area contributed by atoms with Crippen molar-refractivity contribution >= 4 is 11.3 Å². The molecule has 0 saturated heterocycles. The molecule has 0 saturated carbocycles. The Hall–Kier alpha value is -1.19. The number of aromatic nitrogens is 1. The van der Waals surface area contributed by atoms with Crippen LogP contribution in [0, 0.1) is 0 Å². The van der Waals surface area contributed by atoms with Crippen molar-refractivity contribution in [1.29, 1.82) is 0 Å². The molecule has 0 spiro atoms. The highest BCUT2D eigenvalue weighted by Gasteiger charge is 2.03. The van der Waals surface area contributed by atoms with Gasteiger partial charge in [-0.15, -0.1) is 11.3 Å². The molecule has 0 aliphatic heterocycles. The van der Waals surface area contributed by atoms with Gasteiger partial charge in [0.1, 0.15) is 5.01 Å².